The van der Waals surface area contributed by atoms with E-state index in [0.717, 1.165) is 0 Å². The molecule has 0 atom stereocenters. The third kappa shape index (κ3) is 3.67. The molecule has 108 valence electrons. The molecule has 1 heterocycles. The molecule has 1 N–H and O–H groups in total. The third-order valence-corrected chi connectivity index (χ3v) is 3.71. The Morgan fingerprint density at radius 2 is 2.14 bits per heavy atom. The molecule has 0 amide bonds. The third-order valence-electron chi connectivity index (χ3n) is 2.38. The van der Waals surface area contributed by atoms with E-state index in [2.05, 4.69) is 20.9 Å². The summed E-state index contributed by atoms with van der Waals surface area (Å²) in [6.45, 7) is 0. The Hall–Kier alpha value is -1.75. The Labute approximate surface area is 140 Å². The molecule has 1 aromatic carbocycles. The van der Waals surface area contributed by atoms with E-state index < -0.39 is 10.9 Å². The molecule has 0 saturated heterocycles. The van der Waals surface area contributed by atoms with Gasteiger partial charge in [-0.1, -0.05) is 0 Å². The summed E-state index contributed by atoms with van der Waals surface area (Å²) in [6.07, 6.45) is 1.36. The quantitative estimate of drug-likeness (QED) is 0.419. The molecule has 0 aliphatic heterocycles. The fourth-order valence-electron chi connectivity index (χ4n) is 1.44. The number of aromatic carboxylic acids is 1. The van der Waals surface area contributed by atoms with Crippen molar-refractivity contribution >= 4 is 50.2 Å². The van der Waals surface area contributed by atoms with E-state index in [0.29, 0.717) is 8.04 Å². The summed E-state index contributed by atoms with van der Waals surface area (Å²) in [5.74, 6) is -1.13. The predicted molar refractivity (Wildman–Crippen MR) is 84.8 cm³/mol. The van der Waals surface area contributed by atoms with Gasteiger partial charge in [-0.25, -0.2) is 9.78 Å². The van der Waals surface area contributed by atoms with Gasteiger partial charge in [0.05, 0.1) is 14.1 Å². The van der Waals surface area contributed by atoms with E-state index in [-0.39, 0.29) is 22.9 Å². The van der Waals surface area contributed by atoms with Gasteiger partial charge in [-0.2, -0.15) is 0 Å². The number of carboxylic acids is 1. The smallest absolute Gasteiger partial charge is 0.335 e. The Morgan fingerprint density at radius 1 is 1.43 bits per heavy atom. The van der Waals surface area contributed by atoms with Crippen molar-refractivity contribution < 1.29 is 19.6 Å². The lowest BCUT2D eigenvalue weighted by Gasteiger charge is -2.08. The standard InChI is InChI=1S/C12H6BrIN2O5/c13-7-4-9(16(19)20)11(15-5-7)21-10-3-6(12(17)18)1-2-8(10)14/h1-5H,(H,17,18). The van der Waals surface area contributed by atoms with Gasteiger partial charge in [0.15, 0.2) is 0 Å². The first-order chi connectivity index (χ1) is 9.88. The van der Waals surface area contributed by atoms with Crippen LogP contribution in [0.2, 0.25) is 0 Å². The van der Waals surface area contributed by atoms with E-state index >= 15 is 0 Å². The number of halogens is 2. The first-order valence-corrected chi connectivity index (χ1v) is 7.26. The highest BCUT2D eigenvalue weighted by Crippen LogP contribution is 2.33. The summed E-state index contributed by atoms with van der Waals surface area (Å²) in [6, 6.07) is 5.51. The van der Waals surface area contributed by atoms with Gasteiger partial charge in [0.2, 0.25) is 0 Å². The largest absolute Gasteiger partial charge is 0.478 e. The van der Waals surface area contributed by atoms with Crippen molar-refractivity contribution in [2.75, 3.05) is 0 Å². The molecule has 0 unspecified atom stereocenters. The molecule has 0 aliphatic carbocycles. The van der Waals surface area contributed by atoms with Crippen LogP contribution >= 0.6 is 38.5 Å². The molecule has 0 radical (unpaired) electrons. The summed E-state index contributed by atoms with van der Waals surface area (Å²) in [4.78, 5) is 25.2. The number of hydrogen-bond acceptors (Lipinski definition) is 5. The second-order valence-electron chi connectivity index (χ2n) is 3.79. The highest BCUT2D eigenvalue weighted by atomic mass is 127. The van der Waals surface area contributed by atoms with Crippen LogP contribution in [-0.2, 0) is 0 Å². The molecule has 0 aliphatic rings. The normalized spacial score (nSPS) is 10.2. The van der Waals surface area contributed by atoms with E-state index in [1.807, 2.05) is 22.6 Å². The van der Waals surface area contributed by atoms with Gasteiger partial charge in [0, 0.05) is 16.7 Å². The van der Waals surface area contributed by atoms with Crippen LogP contribution in [0.5, 0.6) is 11.6 Å². The Kier molecular flexibility index (Phi) is 4.73. The Balaban J connectivity index is 2.45. The summed E-state index contributed by atoms with van der Waals surface area (Å²) >= 11 is 5.03. The van der Waals surface area contributed by atoms with Gasteiger partial charge < -0.3 is 9.84 Å². The number of hydrogen-bond donors (Lipinski definition) is 1. The van der Waals surface area contributed by atoms with Crippen LogP contribution in [0.4, 0.5) is 5.69 Å². The Morgan fingerprint density at radius 3 is 2.76 bits per heavy atom. The van der Waals surface area contributed by atoms with Gasteiger partial charge in [0.25, 0.3) is 5.88 Å². The number of carbonyl (C=O) groups is 1. The number of carboxylic acid groups (broad SMARTS) is 1. The second-order valence-corrected chi connectivity index (χ2v) is 5.87. The molecule has 7 nitrogen and oxygen atoms in total. The molecular formula is C12H6BrIN2O5. The fourth-order valence-corrected chi connectivity index (χ4v) is 2.21. The van der Waals surface area contributed by atoms with Crippen LogP contribution in [0.15, 0.2) is 34.9 Å². The molecule has 0 spiro atoms. The van der Waals surface area contributed by atoms with E-state index in [4.69, 9.17) is 9.84 Å². The van der Waals surface area contributed by atoms with Gasteiger partial charge in [-0.3, -0.25) is 10.1 Å². The van der Waals surface area contributed by atoms with Crippen molar-refractivity contribution in [3.05, 3.63) is 54.2 Å². The van der Waals surface area contributed by atoms with Crippen molar-refractivity contribution in [2.45, 2.75) is 0 Å². The van der Waals surface area contributed by atoms with Gasteiger partial charge in [-0.05, 0) is 56.7 Å². The maximum absolute atomic E-state index is 11.0. The number of nitro groups is 1. The molecule has 0 fully saturated rings. The number of pyridine rings is 1. The second kappa shape index (κ2) is 6.35. The number of ether oxygens (including phenoxy) is 1. The first kappa shape index (κ1) is 15.6. The topological polar surface area (TPSA) is 103 Å². The molecule has 21 heavy (non-hydrogen) atoms. The van der Waals surface area contributed by atoms with Crippen molar-refractivity contribution in [2.24, 2.45) is 0 Å². The maximum Gasteiger partial charge on any atom is 0.335 e. The zero-order chi connectivity index (χ0) is 15.6. The SMILES string of the molecule is O=C(O)c1ccc(I)c(Oc2ncc(Br)cc2[N+](=O)[O-])c1. The van der Waals surface area contributed by atoms with Crippen molar-refractivity contribution in [1.82, 2.24) is 4.98 Å². The van der Waals surface area contributed by atoms with Crippen LogP contribution in [0.25, 0.3) is 0 Å². The lowest BCUT2D eigenvalue weighted by molar-refractivity contribution is -0.386. The van der Waals surface area contributed by atoms with Crippen LogP contribution in [0.1, 0.15) is 10.4 Å². The van der Waals surface area contributed by atoms with Crippen molar-refractivity contribution in [3.8, 4) is 11.6 Å². The minimum atomic E-state index is -1.12. The van der Waals surface area contributed by atoms with Crippen LogP contribution in [-0.4, -0.2) is 21.0 Å². The number of benzene rings is 1. The van der Waals surface area contributed by atoms with Crippen LogP contribution in [0.3, 0.4) is 0 Å². The van der Waals surface area contributed by atoms with Crippen LogP contribution in [0, 0.1) is 13.7 Å². The van der Waals surface area contributed by atoms with Crippen LogP contribution < -0.4 is 4.74 Å². The molecule has 0 bridgehead atoms. The molecule has 0 saturated carbocycles. The molecule has 9 heteroatoms. The number of rotatable bonds is 4. The molecule has 2 aromatic rings. The average molecular weight is 465 g/mol. The van der Waals surface area contributed by atoms with E-state index in [1.54, 1.807) is 6.07 Å². The fraction of sp³-hybridized carbons (Fsp3) is 0. The van der Waals surface area contributed by atoms with Gasteiger partial charge in [-0.15, -0.1) is 0 Å². The highest BCUT2D eigenvalue weighted by molar-refractivity contribution is 14.1. The minimum absolute atomic E-state index is 0.0187. The summed E-state index contributed by atoms with van der Waals surface area (Å²) in [7, 11) is 0. The monoisotopic (exact) mass is 464 g/mol. The molecule has 1 aromatic heterocycles. The maximum atomic E-state index is 11.0. The molecule has 2 rings (SSSR count). The summed E-state index contributed by atoms with van der Waals surface area (Å²) < 4.78 is 6.45. The lowest BCUT2D eigenvalue weighted by Crippen LogP contribution is -2.00. The summed E-state index contributed by atoms with van der Waals surface area (Å²) in [5.41, 5.74) is -0.300. The van der Waals surface area contributed by atoms with Gasteiger partial charge >= 0.3 is 11.7 Å². The lowest BCUT2D eigenvalue weighted by atomic mass is 10.2. The van der Waals surface area contributed by atoms with Crippen molar-refractivity contribution in [3.63, 3.8) is 0 Å². The Bertz CT molecular complexity index is 738. The van der Waals surface area contributed by atoms with Crippen molar-refractivity contribution in [1.29, 1.82) is 0 Å². The van der Waals surface area contributed by atoms with Gasteiger partial charge in [0.1, 0.15) is 5.75 Å². The molecular weight excluding hydrogens is 459 g/mol. The zero-order valence-corrected chi connectivity index (χ0v) is 13.9. The van der Waals surface area contributed by atoms with E-state index in [9.17, 15) is 14.9 Å². The average Bonchev–Trinajstić information content (AvgIpc) is 2.42. The predicted octanol–water partition coefficient (Wildman–Crippen LogP) is 3.85. The highest BCUT2D eigenvalue weighted by Gasteiger charge is 2.19. The summed E-state index contributed by atoms with van der Waals surface area (Å²) in [5, 5.41) is 20.0. The number of nitrogens with zero attached hydrogens (tertiary/aromatic N) is 2. The number of aromatic nitrogens is 1. The van der Waals surface area contributed by atoms with E-state index in [1.165, 1.54) is 24.4 Å². The first-order valence-electron chi connectivity index (χ1n) is 5.39. The zero-order valence-electron chi connectivity index (χ0n) is 10.1. The minimum Gasteiger partial charge on any atom is -0.478 e.